The Hall–Kier alpha value is -1.51. The summed E-state index contributed by atoms with van der Waals surface area (Å²) in [7, 11) is 1.69. The van der Waals surface area contributed by atoms with Gasteiger partial charge in [0.05, 0.1) is 5.56 Å². The van der Waals surface area contributed by atoms with Crippen molar-refractivity contribution >= 4 is 17.7 Å². The van der Waals surface area contributed by atoms with E-state index in [9.17, 15) is 9.18 Å². The van der Waals surface area contributed by atoms with E-state index in [1.807, 2.05) is 13.2 Å². The number of rotatable bonds is 4. The zero-order chi connectivity index (χ0) is 15.1. The van der Waals surface area contributed by atoms with Gasteiger partial charge in [-0.1, -0.05) is 11.8 Å². The number of hydrogen-bond acceptors (Lipinski definition) is 3. The number of carbonyl (C=O) groups excluding carboxylic acids is 1. The second-order valence-corrected chi connectivity index (χ2v) is 5.28. The number of aliphatic hydroxyl groups is 1. The fourth-order valence-corrected chi connectivity index (χ4v) is 2.39. The topological polar surface area (TPSA) is 40.5 Å². The highest BCUT2D eigenvalue weighted by Crippen LogP contribution is 2.15. The Labute approximate surface area is 123 Å². The number of aliphatic hydroxyl groups excluding tert-OH is 1. The fraction of sp³-hybridized carbons (Fsp3) is 0.400. The molecule has 108 valence electrons. The molecule has 0 heterocycles. The zero-order valence-corrected chi connectivity index (χ0v) is 12.6. The smallest absolute Gasteiger partial charge is 0.255 e. The molecule has 0 saturated carbocycles. The van der Waals surface area contributed by atoms with E-state index in [2.05, 4.69) is 11.8 Å². The number of halogens is 1. The summed E-state index contributed by atoms with van der Waals surface area (Å²) in [6.07, 6.45) is 1.97. The summed E-state index contributed by atoms with van der Waals surface area (Å²) in [5.41, 5.74) is 0.648. The average molecular weight is 295 g/mol. The molecule has 1 aromatic rings. The summed E-state index contributed by atoms with van der Waals surface area (Å²) in [6, 6.07) is 3.94. The van der Waals surface area contributed by atoms with E-state index in [1.54, 1.807) is 23.7 Å². The number of thioether (sulfide) groups is 1. The van der Waals surface area contributed by atoms with Crippen LogP contribution in [0.2, 0.25) is 0 Å². The van der Waals surface area contributed by atoms with Crippen molar-refractivity contribution in [1.29, 1.82) is 0 Å². The van der Waals surface area contributed by atoms with Crippen LogP contribution in [0.25, 0.3) is 0 Å². The van der Waals surface area contributed by atoms with Gasteiger partial charge in [-0.2, -0.15) is 11.8 Å². The van der Waals surface area contributed by atoms with Crippen molar-refractivity contribution in [2.24, 2.45) is 0 Å². The van der Waals surface area contributed by atoms with Crippen LogP contribution in [-0.4, -0.2) is 47.6 Å². The van der Waals surface area contributed by atoms with Crippen LogP contribution in [-0.2, 0) is 0 Å². The molecule has 1 N–H and O–H groups in total. The molecule has 0 radical (unpaired) electrons. The minimum absolute atomic E-state index is 0.0411. The molecule has 0 aliphatic carbocycles. The molecule has 0 bridgehead atoms. The zero-order valence-electron chi connectivity index (χ0n) is 11.8. The third-order valence-electron chi connectivity index (χ3n) is 2.90. The Kier molecular flexibility index (Phi) is 6.56. The summed E-state index contributed by atoms with van der Waals surface area (Å²) >= 11 is 1.64. The third-order valence-corrected chi connectivity index (χ3v) is 3.72. The molecule has 0 aliphatic heterocycles. The lowest BCUT2D eigenvalue weighted by atomic mass is 10.1. The van der Waals surface area contributed by atoms with Gasteiger partial charge in [-0.25, -0.2) is 4.39 Å². The third kappa shape index (κ3) is 4.26. The van der Waals surface area contributed by atoms with Crippen LogP contribution in [0.5, 0.6) is 0 Å². The average Bonchev–Trinajstić information content (AvgIpc) is 2.44. The molecule has 3 nitrogen and oxygen atoms in total. The van der Waals surface area contributed by atoms with Crippen LogP contribution in [0.4, 0.5) is 4.39 Å². The van der Waals surface area contributed by atoms with E-state index in [0.717, 1.165) is 5.75 Å². The van der Waals surface area contributed by atoms with Crippen LogP contribution < -0.4 is 0 Å². The van der Waals surface area contributed by atoms with Crippen molar-refractivity contribution in [3.05, 3.63) is 35.1 Å². The van der Waals surface area contributed by atoms with E-state index in [0.29, 0.717) is 5.56 Å². The number of benzene rings is 1. The van der Waals surface area contributed by atoms with Crippen molar-refractivity contribution in [2.45, 2.75) is 13.0 Å². The van der Waals surface area contributed by atoms with Gasteiger partial charge in [0.1, 0.15) is 12.4 Å². The van der Waals surface area contributed by atoms with E-state index in [-0.39, 0.29) is 24.1 Å². The van der Waals surface area contributed by atoms with E-state index in [1.165, 1.54) is 18.2 Å². The van der Waals surface area contributed by atoms with E-state index >= 15 is 0 Å². The van der Waals surface area contributed by atoms with Gasteiger partial charge in [-0.05, 0) is 31.4 Å². The van der Waals surface area contributed by atoms with E-state index < -0.39 is 5.82 Å². The first-order chi connectivity index (χ1) is 9.51. The summed E-state index contributed by atoms with van der Waals surface area (Å²) in [5.74, 6) is 5.21. The second kappa shape index (κ2) is 7.93. The number of amides is 1. The van der Waals surface area contributed by atoms with Crippen LogP contribution in [0.15, 0.2) is 18.2 Å². The monoisotopic (exact) mass is 295 g/mol. The number of hydrogen-bond donors (Lipinski definition) is 1. The first-order valence-corrected chi connectivity index (χ1v) is 7.56. The maximum absolute atomic E-state index is 13.4. The Morgan fingerprint density at radius 3 is 2.85 bits per heavy atom. The van der Waals surface area contributed by atoms with Gasteiger partial charge in [0, 0.05) is 24.4 Å². The lowest BCUT2D eigenvalue weighted by Gasteiger charge is -2.24. The minimum atomic E-state index is -0.478. The molecule has 20 heavy (non-hydrogen) atoms. The minimum Gasteiger partial charge on any atom is -0.384 e. The highest BCUT2D eigenvalue weighted by Gasteiger charge is 2.20. The standard InChI is InChI=1S/C15H18FNO2S/c1-11(10-20-3)17(2)15(19)14-9-13(16)7-6-12(14)5-4-8-18/h6-7,9,11,18H,8,10H2,1-3H3. The predicted molar refractivity (Wildman–Crippen MR) is 80.3 cm³/mol. The van der Waals surface area contributed by atoms with Crippen LogP contribution in [0, 0.1) is 17.7 Å². The maximum atomic E-state index is 13.4. The summed E-state index contributed by atoms with van der Waals surface area (Å²) in [4.78, 5) is 14.0. The Morgan fingerprint density at radius 1 is 1.55 bits per heavy atom. The molecule has 1 atom stereocenters. The van der Waals surface area contributed by atoms with Gasteiger partial charge in [0.15, 0.2) is 0 Å². The van der Waals surface area contributed by atoms with Crippen LogP contribution >= 0.6 is 11.8 Å². The predicted octanol–water partition coefficient (Wildman–Crippen LogP) is 1.99. The summed E-state index contributed by atoms with van der Waals surface area (Å²) in [5, 5.41) is 8.73. The lowest BCUT2D eigenvalue weighted by Crippen LogP contribution is -2.37. The van der Waals surface area contributed by atoms with Crippen LogP contribution in [0.3, 0.4) is 0 Å². The van der Waals surface area contributed by atoms with Crippen LogP contribution in [0.1, 0.15) is 22.8 Å². The molecule has 0 spiro atoms. The molecular formula is C15H18FNO2S. The molecule has 1 amide bonds. The highest BCUT2D eigenvalue weighted by atomic mass is 32.2. The molecule has 0 saturated heterocycles. The fourth-order valence-electron chi connectivity index (χ4n) is 1.68. The molecule has 0 aromatic heterocycles. The normalized spacial score (nSPS) is 11.4. The first kappa shape index (κ1) is 16.5. The molecule has 5 heteroatoms. The Bertz CT molecular complexity index is 536. The maximum Gasteiger partial charge on any atom is 0.255 e. The van der Waals surface area contributed by atoms with Crippen molar-refractivity contribution < 1.29 is 14.3 Å². The Morgan fingerprint density at radius 2 is 2.25 bits per heavy atom. The molecule has 1 unspecified atom stereocenters. The van der Waals surface area contributed by atoms with Gasteiger partial charge in [-0.3, -0.25) is 4.79 Å². The molecular weight excluding hydrogens is 277 g/mol. The summed E-state index contributed by atoms with van der Waals surface area (Å²) in [6.45, 7) is 1.64. The van der Waals surface area contributed by atoms with Crippen molar-refractivity contribution in [3.8, 4) is 11.8 Å². The van der Waals surface area contributed by atoms with Gasteiger partial charge in [0.25, 0.3) is 5.91 Å². The SMILES string of the molecule is CSCC(C)N(C)C(=O)c1cc(F)ccc1C#CCO. The van der Waals surface area contributed by atoms with Gasteiger partial charge >= 0.3 is 0 Å². The number of nitrogens with zero attached hydrogens (tertiary/aromatic N) is 1. The Balaban J connectivity index is 3.10. The highest BCUT2D eigenvalue weighted by molar-refractivity contribution is 7.98. The summed E-state index contributed by atoms with van der Waals surface area (Å²) < 4.78 is 13.4. The van der Waals surface area contributed by atoms with Gasteiger partial charge in [-0.15, -0.1) is 0 Å². The van der Waals surface area contributed by atoms with Gasteiger partial charge < -0.3 is 10.0 Å². The van der Waals surface area contributed by atoms with Crippen molar-refractivity contribution in [1.82, 2.24) is 4.90 Å². The largest absolute Gasteiger partial charge is 0.384 e. The molecule has 0 fully saturated rings. The second-order valence-electron chi connectivity index (χ2n) is 4.37. The van der Waals surface area contributed by atoms with Gasteiger partial charge in [0.2, 0.25) is 0 Å². The first-order valence-electron chi connectivity index (χ1n) is 6.16. The molecule has 1 rings (SSSR count). The number of carbonyl (C=O) groups is 1. The van der Waals surface area contributed by atoms with Crippen molar-refractivity contribution in [3.63, 3.8) is 0 Å². The molecule has 0 aliphatic rings. The van der Waals surface area contributed by atoms with E-state index in [4.69, 9.17) is 5.11 Å². The van der Waals surface area contributed by atoms with Crippen molar-refractivity contribution in [2.75, 3.05) is 25.7 Å². The quantitative estimate of drug-likeness (QED) is 0.864. The molecule has 1 aromatic carbocycles. The lowest BCUT2D eigenvalue weighted by molar-refractivity contribution is 0.0757.